The summed E-state index contributed by atoms with van der Waals surface area (Å²) < 4.78 is 32.7. The molecule has 0 aromatic rings. The van der Waals surface area contributed by atoms with Gasteiger partial charge in [0.2, 0.25) is 0 Å². The van der Waals surface area contributed by atoms with Crippen molar-refractivity contribution in [3.05, 3.63) is 0 Å². The average Bonchev–Trinajstić information content (AvgIpc) is 0.722. The quantitative estimate of drug-likeness (QED) is 0.402. The van der Waals surface area contributed by atoms with Crippen LogP contribution in [0.4, 0.5) is 0 Å². The van der Waals surface area contributed by atoms with Crippen LogP contribution in [0, 0.1) is 10.2 Å². The fraction of sp³-hybridized carbons (Fsp3) is 0. The van der Waals surface area contributed by atoms with Gasteiger partial charge in [-0.05, 0) is 0 Å². The summed E-state index contributed by atoms with van der Waals surface area (Å²) in [6.45, 7) is 0. The molecule has 0 bridgehead atoms. The van der Waals surface area contributed by atoms with Crippen LogP contribution in [-0.2, 0) is 17.1 Å². The second-order valence-corrected chi connectivity index (χ2v) is 1.19. The van der Waals surface area contributed by atoms with Crippen LogP contribution in [-0.4, -0.2) is 38.7 Å². The van der Waals surface area contributed by atoms with Crippen LogP contribution in [0.5, 0.6) is 0 Å². The number of hydrogen-bond donors (Lipinski definition) is 1. The average molecular weight is 218 g/mol. The normalized spacial score (nSPS) is 6.67. The first-order chi connectivity index (χ1) is 2.00. The van der Waals surface area contributed by atoms with Gasteiger partial charge >= 0.3 is 23.1 Å². The van der Waals surface area contributed by atoms with E-state index in [1.807, 2.05) is 0 Å². The van der Waals surface area contributed by atoms with Crippen molar-refractivity contribution in [2.24, 2.45) is 0 Å². The summed E-state index contributed by atoms with van der Waals surface area (Å²) in [6.07, 6.45) is 0. The van der Waals surface area contributed by atoms with Gasteiger partial charge in [-0.3, -0.25) is 0 Å². The monoisotopic (exact) mass is 217 g/mol. The largest absolute Gasteiger partial charge is 2.00 e. The molecule has 0 amide bonds. The van der Waals surface area contributed by atoms with Crippen molar-refractivity contribution in [1.29, 1.82) is 0 Å². The minimum atomic E-state index is -4.69. The van der Waals surface area contributed by atoms with Gasteiger partial charge in [0.15, 0.2) is 0 Å². The van der Waals surface area contributed by atoms with Gasteiger partial charge in [-0.2, -0.15) is 14.0 Å². The molecule has 0 aliphatic carbocycles. The third kappa shape index (κ3) is 282. The summed E-state index contributed by atoms with van der Waals surface area (Å²) in [5, 5.41) is 0. The maximum absolute atomic E-state index is 8.60. The fourth-order valence-corrected chi connectivity index (χ4v) is 0. The van der Waals surface area contributed by atoms with Crippen LogP contribution < -0.4 is 14.0 Å². The Kier molecular flexibility index (Phi) is 42.4. The predicted octanol–water partition coefficient (Wildman–Crippen LogP) is -5.93. The van der Waals surface area contributed by atoms with E-state index in [1.54, 1.807) is 0 Å². The smallest absolute Gasteiger partial charge is 1.00 e. The second kappa shape index (κ2) is 12.1. The van der Waals surface area contributed by atoms with Gasteiger partial charge in [0.25, 0.3) is 0 Å². The van der Waals surface area contributed by atoms with Crippen LogP contribution >= 0.6 is 0 Å². The first-order valence-electron chi connectivity index (χ1n) is 0.632. The van der Waals surface area contributed by atoms with Crippen LogP contribution in [0.25, 0.3) is 0 Å². The van der Waals surface area contributed by atoms with Gasteiger partial charge in [0.1, 0.15) is 0 Å². The van der Waals surface area contributed by atoms with E-state index in [1.165, 1.54) is 0 Å². The SMILES string of the molecule is O.O.[H-].[H-].[Mg+2].[Mn].[O-][Cl+3]([O-])([O-])O. The summed E-state index contributed by atoms with van der Waals surface area (Å²) in [5.74, 6) is 0. The van der Waals surface area contributed by atoms with Gasteiger partial charge in [0, 0.05) is 17.1 Å². The summed E-state index contributed by atoms with van der Waals surface area (Å²) in [7, 11) is -4.69. The van der Waals surface area contributed by atoms with Crippen molar-refractivity contribution in [2.75, 3.05) is 0 Å². The number of rotatable bonds is 0. The van der Waals surface area contributed by atoms with Gasteiger partial charge in [-0.25, -0.2) is 0 Å². The molecule has 9 heteroatoms. The first kappa shape index (κ1) is 31.6. The molecule has 6 nitrogen and oxygen atoms in total. The van der Waals surface area contributed by atoms with E-state index in [9.17, 15) is 0 Å². The van der Waals surface area contributed by atoms with E-state index in [2.05, 4.69) is 0 Å². The third-order valence-electron chi connectivity index (χ3n) is 0. The zero-order valence-electron chi connectivity index (χ0n) is 6.13. The summed E-state index contributed by atoms with van der Waals surface area (Å²) in [6, 6.07) is 0. The van der Waals surface area contributed by atoms with Crippen LogP contribution in [0.15, 0.2) is 0 Å². The molecule has 0 aromatic heterocycles. The molecule has 0 unspecified atom stereocenters. The summed E-state index contributed by atoms with van der Waals surface area (Å²) in [5.41, 5.74) is 0. The van der Waals surface area contributed by atoms with Crippen LogP contribution in [0.3, 0.4) is 0 Å². The van der Waals surface area contributed by atoms with Crippen LogP contribution in [0.2, 0.25) is 0 Å². The Bertz CT molecular complexity index is 36.1. The summed E-state index contributed by atoms with van der Waals surface area (Å²) in [4.78, 5) is 0. The Labute approximate surface area is 82.8 Å². The molecule has 0 spiro atoms. The minimum Gasteiger partial charge on any atom is -1.00 e. The molecule has 0 aliphatic rings. The maximum atomic E-state index is 8.60. The maximum Gasteiger partial charge on any atom is 2.00 e. The van der Waals surface area contributed by atoms with E-state index >= 15 is 0 Å². The second-order valence-electron chi connectivity index (χ2n) is 0.396. The molecule has 0 atom stereocenters. The molecule has 5 N–H and O–H groups in total. The molecule has 0 heterocycles. The zero-order valence-corrected chi connectivity index (χ0v) is 7.49. The van der Waals surface area contributed by atoms with Crippen molar-refractivity contribution in [3.63, 3.8) is 0 Å². The Hall–Kier alpha value is 1.34. The molecule has 0 aromatic carbocycles. The Morgan fingerprint density at radius 2 is 1.11 bits per heavy atom. The summed E-state index contributed by atoms with van der Waals surface area (Å²) >= 11 is 0. The Morgan fingerprint density at radius 3 is 1.11 bits per heavy atom. The molecule has 0 aliphatic heterocycles. The van der Waals surface area contributed by atoms with Crippen molar-refractivity contribution < 1.29 is 59.8 Å². The van der Waals surface area contributed by atoms with Crippen molar-refractivity contribution in [1.82, 2.24) is 0 Å². The van der Waals surface area contributed by atoms with Gasteiger partial charge in [-0.1, -0.05) is 0 Å². The van der Waals surface area contributed by atoms with Crippen molar-refractivity contribution in [3.8, 4) is 0 Å². The molecule has 0 saturated heterocycles. The topological polar surface area (TPSA) is 152 Å². The third-order valence-corrected chi connectivity index (χ3v) is 0. The Balaban J connectivity index is -0.00000000533. The van der Waals surface area contributed by atoms with E-state index in [4.69, 9.17) is 18.6 Å². The van der Waals surface area contributed by atoms with E-state index in [0.29, 0.717) is 0 Å². The molecular formula is H7ClMgMnO6. The van der Waals surface area contributed by atoms with Crippen molar-refractivity contribution in [2.45, 2.75) is 0 Å². The molecule has 0 rings (SSSR count). The molecule has 0 fully saturated rings. The molecule has 59 valence electrons. The molecule has 1 radical (unpaired) electrons. The predicted molar refractivity (Wildman–Crippen MR) is 17.4 cm³/mol. The van der Waals surface area contributed by atoms with Gasteiger partial charge in [0.05, 0.1) is 14.9 Å². The number of hydrogen-bond acceptors (Lipinski definition) is 4. The van der Waals surface area contributed by atoms with E-state index < -0.39 is 10.2 Å². The van der Waals surface area contributed by atoms with E-state index in [0.717, 1.165) is 0 Å². The fourth-order valence-electron chi connectivity index (χ4n) is 0. The van der Waals surface area contributed by atoms with Crippen molar-refractivity contribution >= 4 is 23.1 Å². The molecular weight excluding hydrogens is 211 g/mol. The molecule has 9 heavy (non-hydrogen) atoms. The first-order valence-corrected chi connectivity index (χ1v) is 1.90. The Morgan fingerprint density at radius 1 is 1.11 bits per heavy atom. The van der Waals surface area contributed by atoms with Crippen LogP contribution in [0.1, 0.15) is 2.85 Å². The van der Waals surface area contributed by atoms with E-state index in [-0.39, 0.29) is 53.9 Å². The number of halogens is 1. The van der Waals surface area contributed by atoms with Gasteiger partial charge < -0.3 is 13.8 Å². The van der Waals surface area contributed by atoms with Gasteiger partial charge in [-0.15, -0.1) is 0 Å². The molecule has 0 saturated carbocycles. The standard InChI is InChI=1S/ClHO4.Mg.Mn.2H2O.2H/c2-1(3,4)5;;;;;;/h(H,2,3,4,5);;;2*1H2;;/q;+2;;;;2*-1. The zero-order chi connectivity index (χ0) is 4.50. The minimum absolute atomic E-state index is 0.